The maximum Gasteiger partial charge on any atom is 0.152 e. The standard InChI is InChI=1S/C17H16O2/c1-13-6-10-16(11-7-13)19-17-5-3-4-15(12-17)9-8-14(2)18/h3-12H,1-2H3/b9-8+. The van der Waals surface area contributed by atoms with Gasteiger partial charge in [0.1, 0.15) is 11.5 Å². The van der Waals surface area contributed by atoms with Gasteiger partial charge in [-0.2, -0.15) is 0 Å². The molecule has 2 aromatic rings. The molecule has 19 heavy (non-hydrogen) atoms. The lowest BCUT2D eigenvalue weighted by molar-refractivity contribution is -0.112. The van der Waals surface area contributed by atoms with Crippen LogP contribution in [0.15, 0.2) is 54.6 Å². The lowest BCUT2D eigenvalue weighted by Gasteiger charge is -2.06. The van der Waals surface area contributed by atoms with Crippen molar-refractivity contribution in [3.05, 3.63) is 65.7 Å². The van der Waals surface area contributed by atoms with Crippen molar-refractivity contribution >= 4 is 11.9 Å². The van der Waals surface area contributed by atoms with Crippen molar-refractivity contribution in [3.63, 3.8) is 0 Å². The molecular weight excluding hydrogens is 236 g/mol. The lowest BCUT2D eigenvalue weighted by Crippen LogP contribution is -1.85. The Morgan fingerprint density at radius 2 is 1.79 bits per heavy atom. The van der Waals surface area contributed by atoms with E-state index in [-0.39, 0.29) is 5.78 Å². The SMILES string of the molecule is CC(=O)/C=C/c1cccc(Oc2ccc(C)cc2)c1. The highest BCUT2D eigenvalue weighted by Crippen LogP contribution is 2.22. The van der Waals surface area contributed by atoms with Crippen molar-refractivity contribution in [1.82, 2.24) is 0 Å². The highest BCUT2D eigenvalue weighted by atomic mass is 16.5. The van der Waals surface area contributed by atoms with Gasteiger partial charge in [0.15, 0.2) is 5.78 Å². The predicted molar refractivity (Wildman–Crippen MR) is 77.4 cm³/mol. The van der Waals surface area contributed by atoms with E-state index in [1.807, 2.05) is 55.5 Å². The Morgan fingerprint density at radius 1 is 1.05 bits per heavy atom. The van der Waals surface area contributed by atoms with Crippen molar-refractivity contribution in [3.8, 4) is 11.5 Å². The second-order valence-corrected chi connectivity index (χ2v) is 4.43. The minimum atomic E-state index is 0.0323. The molecule has 0 heterocycles. The van der Waals surface area contributed by atoms with Gasteiger partial charge in [-0.1, -0.05) is 35.9 Å². The first-order chi connectivity index (χ1) is 9.13. The molecule has 0 N–H and O–H groups in total. The van der Waals surface area contributed by atoms with Crippen LogP contribution in [0.3, 0.4) is 0 Å². The molecule has 0 saturated heterocycles. The van der Waals surface area contributed by atoms with E-state index in [2.05, 4.69) is 0 Å². The van der Waals surface area contributed by atoms with Crippen LogP contribution in [0.4, 0.5) is 0 Å². The van der Waals surface area contributed by atoms with E-state index in [1.165, 1.54) is 12.5 Å². The summed E-state index contributed by atoms with van der Waals surface area (Å²) in [6, 6.07) is 15.5. The third-order valence-corrected chi connectivity index (χ3v) is 2.63. The highest BCUT2D eigenvalue weighted by molar-refractivity contribution is 5.91. The Hall–Kier alpha value is -2.35. The number of allylic oxidation sites excluding steroid dienone is 1. The first-order valence-electron chi connectivity index (χ1n) is 6.17. The molecule has 0 aromatic heterocycles. The molecule has 0 saturated carbocycles. The molecule has 0 aliphatic carbocycles. The summed E-state index contributed by atoms with van der Waals surface area (Å²) >= 11 is 0. The van der Waals surface area contributed by atoms with Gasteiger partial charge < -0.3 is 4.74 Å². The smallest absolute Gasteiger partial charge is 0.152 e. The van der Waals surface area contributed by atoms with E-state index >= 15 is 0 Å². The average Bonchev–Trinajstić information content (AvgIpc) is 2.40. The minimum absolute atomic E-state index is 0.0323. The molecule has 0 unspecified atom stereocenters. The lowest BCUT2D eigenvalue weighted by atomic mass is 10.2. The number of hydrogen-bond donors (Lipinski definition) is 0. The fraction of sp³-hybridized carbons (Fsp3) is 0.118. The molecular formula is C17H16O2. The second kappa shape index (κ2) is 6.01. The van der Waals surface area contributed by atoms with Crippen molar-refractivity contribution in [2.75, 3.05) is 0 Å². The maximum atomic E-state index is 10.9. The number of ether oxygens (including phenoxy) is 1. The fourth-order valence-corrected chi connectivity index (χ4v) is 1.64. The quantitative estimate of drug-likeness (QED) is 0.754. The summed E-state index contributed by atoms with van der Waals surface area (Å²) in [7, 11) is 0. The number of rotatable bonds is 4. The van der Waals surface area contributed by atoms with E-state index in [0.717, 1.165) is 17.1 Å². The largest absolute Gasteiger partial charge is 0.457 e. The zero-order chi connectivity index (χ0) is 13.7. The van der Waals surface area contributed by atoms with Gasteiger partial charge in [0.2, 0.25) is 0 Å². The van der Waals surface area contributed by atoms with Crippen LogP contribution in [-0.2, 0) is 4.79 Å². The Balaban J connectivity index is 2.15. The maximum absolute atomic E-state index is 10.9. The molecule has 0 radical (unpaired) electrons. The van der Waals surface area contributed by atoms with Gasteiger partial charge in [0, 0.05) is 0 Å². The minimum Gasteiger partial charge on any atom is -0.457 e. The van der Waals surface area contributed by atoms with Crippen LogP contribution in [0.25, 0.3) is 6.08 Å². The number of hydrogen-bond acceptors (Lipinski definition) is 2. The first-order valence-corrected chi connectivity index (χ1v) is 6.17. The van der Waals surface area contributed by atoms with Crippen LogP contribution < -0.4 is 4.74 Å². The summed E-state index contributed by atoms with van der Waals surface area (Å²) in [5.74, 6) is 1.60. The van der Waals surface area contributed by atoms with Crippen molar-refractivity contribution in [2.24, 2.45) is 0 Å². The van der Waals surface area contributed by atoms with Crippen LogP contribution in [0, 0.1) is 6.92 Å². The number of ketones is 1. The van der Waals surface area contributed by atoms with Crippen LogP contribution in [-0.4, -0.2) is 5.78 Å². The molecule has 0 aliphatic heterocycles. The van der Waals surface area contributed by atoms with Crippen LogP contribution >= 0.6 is 0 Å². The molecule has 0 atom stereocenters. The Labute approximate surface area is 113 Å². The number of benzene rings is 2. The molecule has 0 fully saturated rings. The second-order valence-electron chi connectivity index (χ2n) is 4.43. The summed E-state index contributed by atoms with van der Waals surface area (Å²) in [6.45, 7) is 3.57. The first kappa shape index (κ1) is 13.1. The number of carbonyl (C=O) groups excluding carboxylic acids is 1. The van der Waals surface area contributed by atoms with E-state index in [4.69, 9.17) is 4.74 Å². The van der Waals surface area contributed by atoms with E-state index in [0.29, 0.717) is 0 Å². The number of carbonyl (C=O) groups is 1. The van der Waals surface area contributed by atoms with E-state index in [9.17, 15) is 4.79 Å². The van der Waals surface area contributed by atoms with Crippen molar-refractivity contribution in [2.45, 2.75) is 13.8 Å². The van der Waals surface area contributed by atoms with Gasteiger partial charge in [-0.25, -0.2) is 0 Å². The summed E-state index contributed by atoms with van der Waals surface area (Å²) in [6.07, 6.45) is 3.33. The molecule has 96 valence electrons. The summed E-state index contributed by atoms with van der Waals surface area (Å²) in [4.78, 5) is 10.9. The van der Waals surface area contributed by atoms with Crippen LogP contribution in [0.2, 0.25) is 0 Å². The van der Waals surface area contributed by atoms with Gasteiger partial charge in [0.25, 0.3) is 0 Å². The Kier molecular flexibility index (Phi) is 4.14. The normalized spacial score (nSPS) is 10.6. The zero-order valence-electron chi connectivity index (χ0n) is 11.1. The van der Waals surface area contributed by atoms with Gasteiger partial charge >= 0.3 is 0 Å². The topological polar surface area (TPSA) is 26.3 Å². The molecule has 0 amide bonds. The predicted octanol–water partition coefficient (Wildman–Crippen LogP) is 4.39. The Morgan fingerprint density at radius 3 is 2.47 bits per heavy atom. The molecule has 0 bridgehead atoms. The van der Waals surface area contributed by atoms with Gasteiger partial charge in [-0.15, -0.1) is 0 Å². The Bertz CT molecular complexity index is 595. The summed E-state index contributed by atoms with van der Waals surface area (Å²) in [5.41, 5.74) is 2.14. The van der Waals surface area contributed by atoms with Gasteiger partial charge in [-0.05, 0) is 49.8 Å². The van der Waals surface area contributed by atoms with Gasteiger partial charge in [0.05, 0.1) is 0 Å². The van der Waals surface area contributed by atoms with Crippen molar-refractivity contribution < 1.29 is 9.53 Å². The van der Waals surface area contributed by atoms with Crippen molar-refractivity contribution in [1.29, 1.82) is 0 Å². The highest BCUT2D eigenvalue weighted by Gasteiger charge is 1.98. The zero-order valence-corrected chi connectivity index (χ0v) is 11.1. The third-order valence-electron chi connectivity index (χ3n) is 2.63. The third kappa shape index (κ3) is 4.11. The molecule has 0 aliphatic rings. The molecule has 2 rings (SSSR count). The van der Waals surface area contributed by atoms with Gasteiger partial charge in [-0.3, -0.25) is 4.79 Å². The molecule has 2 heteroatoms. The molecule has 2 aromatic carbocycles. The summed E-state index contributed by atoms with van der Waals surface area (Å²) < 4.78 is 5.76. The average molecular weight is 252 g/mol. The summed E-state index contributed by atoms with van der Waals surface area (Å²) in [5, 5.41) is 0. The van der Waals surface area contributed by atoms with E-state index < -0.39 is 0 Å². The van der Waals surface area contributed by atoms with E-state index in [1.54, 1.807) is 12.2 Å². The van der Waals surface area contributed by atoms with Crippen LogP contribution in [0.1, 0.15) is 18.1 Å². The van der Waals surface area contributed by atoms with Crippen LogP contribution in [0.5, 0.6) is 11.5 Å². The molecule has 0 spiro atoms. The fourth-order valence-electron chi connectivity index (χ4n) is 1.64. The molecule has 2 nitrogen and oxygen atoms in total. The number of aryl methyl sites for hydroxylation is 1. The monoisotopic (exact) mass is 252 g/mol.